The van der Waals surface area contributed by atoms with Gasteiger partial charge in [0.05, 0.1) is 6.54 Å². The first kappa shape index (κ1) is 16.5. The summed E-state index contributed by atoms with van der Waals surface area (Å²) in [5.41, 5.74) is 0.451. The smallest absolute Gasteiger partial charge is 0.233 e. The van der Waals surface area contributed by atoms with E-state index in [0.717, 1.165) is 19.0 Å². The summed E-state index contributed by atoms with van der Waals surface area (Å²) in [6, 6.07) is 0. The maximum absolute atomic E-state index is 11.7. The second-order valence-corrected chi connectivity index (χ2v) is 7.11. The molecule has 2 N–H and O–H groups in total. The van der Waals surface area contributed by atoms with Crippen LogP contribution in [0, 0.1) is 17.3 Å². The van der Waals surface area contributed by atoms with Crippen molar-refractivity contribution in [2.24, 2.45) is 17.3 Å². The van der Waals surface area contributed by atoms with Crippen molar-refractivity contribution < 1.29 is 4.79 Å². The van der Waals surface area contributed by atoms with E-state index in [1.54, 1.807) is 0 Å². The molecule has 0 spiro atoms. The Kier molecular flexibility index (Phi) is 6.84. The molecule has 1 fully saturated rings. The summed E-state index contributed by atoms with van der Waals surface area (Å²) in [7, 11) is 0. The Morgan fingerprint density at radius 2 is 1.74 bits per heavy atom. The van der Waals surface area contributed by atoms with Crippen LogP contribution in [-0.4, -0.2) is 25.5 Å². The zero-order valence-corrected chi connectivity index (χ0v) is 13.2. The van der Waals surface area contributed by atoms with Gasteiger partial charge in [0.1, 0.15) is 0 Å². The van der Waals surface area contributed by atoms with Crippen molar-refractivity contribution in [2.45, 2.75) is 59.8 Å². The maximum atomic E-state index is 11.7. The molecule has 1 aliphatic carbocycles. The first-order valence-corrected chi connectivity index (χ1v) is 7.91. The lowest BCUT2D eigenvalue weighted by Crippen LogP contribution is -2.40. The molecule has 0 aromatic carbocycles. The van der Waals surface area contributed by atoms with Crippen molar-refractivity contribution in [3.05, 3.63) is 0 Å². The molecule has 19 heavy (non-hydrogen) atoms. The van der Waals surface area contributed by atoms with Crippen LogP contribution in [0.3, 0.4) is 0 Å². The highest BCUT2D eigenvalue weighted by molar-refractivity contribution is 5.77. The Hall–Kier alpha value is -0.570. The van der Waals surface area contributed by atoms with E-state index < -0.39 is 0 Å². The van der Waals surface area contributed by atoms with E-state index in [1.165, 1.54) is 32.1 Å². The maximum Gasteiger partial charge on any atom is 0.233 e. The average Bonchev–Trinajstić information content (AvgIpc) is 2.74. The van der Waals surface area contributed by atoms with Crippen molar-refractivity contribution in [3.8, 4) is 0 Å². The molecule has 0 radical (unpaired) electrons. The summed E-state index contributed by atoms with van der Waals surface area (Å²) in [6.07, 6.45) is 6.65. The quantitative estimate of drug-likeness (QED) is 0.710. The van der Waals surface area contributed by atoms with Gasteiger partial charge in [0.15, 0.2) is 0 Å². The van der Waals surface area contributed by atoms with Gasteiger partial charge in [-0.25, -0.2) is 0 Å². The molecule has 1 saturated carbocycles. The molecule has 0 aromatic heterocycles. The Balaban J connectivity index is 2.27. The first-order valence-electron chi connectivity index (χ1n) is 7.91. The number of amides is 1. The molecule has 3 heteroatoms. The molecule has 0 bridgehead atoms. The van der Waals surface area contributed by atoms with Crippen LogP contribution in [0.5, 0.6) is 0 Å². The highest BCUT2D eigenvalue weighted by Gasteiger charge is 2.33. The minimum absolute atomic E-state index is 0.131. The van der Waals surface area contributed by atoms with Gasteiger partial charge in [-0.3, -0.25) is 4.79 Å². The van der Waals surface area contributed by atoms with Crippen LogP contribution in [0.1, 0.15) is 59.8 Å². The fourth-order valence-electron chi connectivity index (χ4n) is 3.27. The predicted molar refractivity (Wildman–Crippen MR) is 81.1 cm³/mol. The Morgan fingerprint density at radius 3 is 2.26 bits per heavy atom. The van der Waals surface area contributed by atoms with Gasteiger partial charge in [0, 0.05) is 13.1 Å². The van der Waals surface area contributed by atoms with Crippen LogP contribution in [0.25, 0.3) is 0 Å². The third-order valence-electron chi connectivity index (χ3n) is 4.00. The Bertz CT molecular complexity index is 268. The average molecular weight is 268 g/mol. The molecule has 3 nitrogen and oxygen atoms in total. The van der Waals surface area contributed by atoms with E-state index in [2.05, 4.69) is 38.3 Å². The van der Waals surface area contributed by atoms with Crippen LogP contribution in [0.2, 0.25) is 0 Å². The predicted octanol–water partition coefficient (Wildman–Crippen LogP) is 2.95. The highest BCUT2D eigenvalue weighted by Crippen LogP contribution is 2.42. The molecule has 0 heterocycles. The largest absolute Gasteiger partial charge is 0.355 e. The van der Waals surface area contributed by atoms with Crippen LogP contribution in [0.15, 0.2) is 0 Å². The number of carbonyl (C=O) groups excluding carboxylic acids is 1. The summed E-state index contributed by atoms with van der Waals surface area (Å²) in [5.74, 6) is 1.40. The van der Waals surface area contributed by atoms with Gasteiger partial charge in [0.25, 0.3) is 0 Å². The lowest BCUT2D eigenvalue weighted by molar-refractivity contribution is -0.120. The van der Waals surface area contributed by atoms with Crippen molar-refractivity contribution in [3.63, 3.8) is 0 Å². The molecule has 0 unspecified atom stereocenters. The second kappa shape index (κ2) is 7.88. The molecular weight excluding hydrogens is 236 g/mol. The molecule has 0 aromatic rings. The van der Waals surface area contributed by atoms with Crippen molar-refractivity contribution >= 4 is 5.91 Å². The number of rotatable bonds is 8. The summed E-state index contributed by atoms with van der Waals surface area (Å²) in [6.45, 7) is 11.1. The van der Waals surface area contributed by atoms with Crippen LogP contribution >= 0.6 is 0 Å². The minimum Gasteiger partial charge on any atom is -0.355 e. The number of carbonyl (C=O) groups is 1. The standard InChI is InChI=1S/C16H32N2O/c1-13(2)9-16(7-5-6-8-16)12-17-11-15(19)18-10-14(3)4/h13-14,17H,5-12H2,1-4H3,(H,18,19). The minimum atomic E-state index is 0.131. The van der Waals surface area contributed by atoms with Crippen LogP contribution in [0.4, 0.5) is 0 Å². The fraction of sp³-hybridized carbons (Fsp3) is 0.938. The number of nitrogens with one attached hydrogen (secondary N) is 2. The number of hydrogen-bond donors (Lipinski definition) is 2. The van der Waals surface area contributed by atoms with E-state index in [0.29, 0.717) is 17.9 Å². The number of hydrogen-bond acceptors (Lipinski definition) is 2. The molecule has 0 aliphatic heterocycles. The third-order valence-corrected chi connectivity index (χ3v) is 4.00. The van der Waals surface area contributed by atoms with E-state index >= 15 is 0 Å². The molecule has 112 valence electrons. The van der Waals surface area contributed by atoms with Crippen LogP contribution in [-0.2, 0) is 4.79 Å². The Labute approximate surface area is 118 Å². The van der Waals surface area contributed by atoms with Gasteiger partial charge >= 0.3 is 0 Å². The summed E-state index contributed by atoms with van der Waals surface area (Å²) >= 11 is 0. The summed E-state index contributed by atoms with van der Waals surface area (Å²) in [4.78, 5) is 11.7. The van der Waals surface area contributed by atoms with Crippen molar-refractivity contribution in [1.82, 2.24) is 10.6 Å². The van der Waals surface area contributed by atoms with Gasteiger partial charge in [-0.2, -0.15) is 0 Å². The normalized spacial score (nSPS) is 18.2. The van der Waals surface area contributed by atoms with Gasteiger partial charge in [-0.15, -0.1) is 0 Å². The lowest BCUT2D eigenvalue weighted by atomic mass is 9.78. The van der Waals surface area contributed by atoms with Gasteiger partial charge < -0.3 is 10.6 Å². The molecule has 0 saturated heterocycles. The molecule has 0 atom stereocenters. The van der Waals surface area contributed by atoms with Crippen LogP contribution < -0.4 is 10.6 Å². The van der Waals surface area contributed by atoms with E-state index in [1.807, 2.05) is 0 Å². The van der Waals surface area contributed by atoms with E-state index in [9.17, 15) is 4.79 Å². The third kappa shape index (κ3) is 6.42. The fourth-order valence-corrected chi connectivity index (χ4v) is 3.27. The summed E-state index contributed by atoms with van der Waals surface area (Å²) in [5, 5.41) is 6.34. The first-order chi connectivity index (χ1) is 8.93. The zero-order chi connectivity index (χ0) is 14.3. The lowest BCUT2D eigenvalue weighted by Gasteiger charge is -2.31. The molecule has 1 aliphatic rings. The van der Waals surface area contributed by atoms with Gasteiger partial charge in [0.2, 0.25) is 5.91 Å². The second-order valence-electron chi connectivity index (χ2n) is 7.11. The summed E-state index contributed by atoms with van der Waals surface area (Å²) < 4.78 is 0. The van der Waals surface area contributed by atoms with Gasteiger partial charge in [-0.1, -0.05) is 40.5 Å². The molecule has 1 rings (SSSR count). The van der Waals surface area contributed by atoms with Crippen molar-refractivity contribution in [1.29, 1.82) is 0 Å². The SMILES string of the molecule is CC(C)CNC(=O)CNCC1(CC(C)C)CCCC1. The van der Waals surface area contributed by atoms with Crippen molar-refractivity contribution in [2.75, 3.05) is 19.6 Å². The molecular formula is C16H32N2O. The molecule has 1 amide bonds. The zero-order valence-electron chi connectivity index (χ0n) is 13.2. The highest BCUT2D eigenvalue weighted by atomic mass is 16.1. The monoisotopic (exact) mass is 268 g/mol. The van der Waals surface area contributed by atoms with E-state index in [4.69, 9.17) is 0 Å². The Morgan fingerprint density at radius 1 is 1.11 bits per heavy atom. The van der Waals surface area contributed by atoms with Gasteiger partial charge in [-0.05, 0) is 36.5 Å². The van der Waals surface area contributed by atoms with E-state index in [-0.39, 0.29) is 5.91 Å². The topological polar surface area (TPSA) is 41.1 Å².